The van der Waals surface area contributed by atoms with Crippen molar-refractivity contribution in [2.24, 2.45) is 0 Å². The minimum Gasteiger partial charge on any atom is -0.420 e. The molecule has 0 aliphatic heterocycles. The summed E-state index contributed by atoms with van der Waals surface area (Å²) >= 11 is 13.2. The molecule has 0 amide bonds. The fraction of sp³-hybridized carbons (Fsp3) is 0.0588. The molecule has 0 spiro atoms. The van der Waals surface area contributed by atoms with E-state index < -0.39 is 4.92 Å². The first kappa shape index (κ1) is 19.4. The number of benzene rings is 2. The number of nitrogens with zero attached hydrogens (tertiary/aromatic N) is 5. The maximum atomic E-state index is 10.9. The molecule has 9 nitrogen and oxygen atoms in total. The molecule has 0 aliphatic carbocycles. The summed E-state index contributed by atoms with van der Waals surface area (Å²) in [6, 6.07) is 10.9. The van der Waals surface area contributed by atoms with Gasteiger partial charge in [0.15, 0.2) is 0 Å². The average molecular weight is 450 g/mol. The Morgan fingerprint density at radius 3 is 2.62 bits per heavy atom. The average Bonchev–Trinajstić information content (AvgIpc) is 3.36. The van der Waals surface area contributed by atoms with E-state index in [4.69, 9.17) is 32.0 Å². The van der Waals surface area contributed by atoms with Crippen molar-refractivity contribution in [3.63, 3.8) is 0 Å². The molecular formula is C17H9Cl2N5O4S. The lowest BCUT2D eigenvalue weighted by atomic mass is 10.2. The molecular weight excluding hydrogens is 441 g/mol. The predicted octanol–water partition coefficient (Wildman–Crippen LogP) is 5.29. The SMILES string of the molecule is O=[N+]([O-])c1cccc(-c2nnc(CSc3nnc(-c4ccc(Cl)cc4Cl)o3)o2)c1. The monoisotopic (exact) mass is 449 g/mol. The van der Waals surface area contributed by atoms with Crippen LogP contribution in [0.3, 0.4) is 0 Å². The molecule has 4 aromatic rings. The van der Waals surface area contributed by atoms with Crippen LogP contribution in [0.1, 0.15) is 5.89 Å². The summed E-state index contributed by atoms with van der Waals surface area (Å²) in [4.78, 5) is 10.4. The third-order valence-corrected chi connectivity index (χ3v) is 5.01. The highest BCUT2D eigenvalue weighted by Crippen LogP contribution is 2.32. The second kappa shape index (κ2) is 8.19. The Kier molecular flexibility index (Phi) is 5.47. The summed E-state index contributed by atoms with van der Waals surface area (Å²) < 4.78 is 11.2. The molecule has 2 aromatic heterocycles. The molecule has 0 bridgehead atoms. The van der Waals surface area contributed by atoms with Gasteiger partial charge in [0.2, 0.25) is 17.7 Å². The highest BCUT2D eigenvalue weighted by molar-refractivity contribution is 7.98. The highest BCUT2D eigenvalue weighted by atomic mass is 35.5. The third-order valence-electron chi connectivity index (χ3n) is 3.66. The van der Waals surface area contributed by atoms with Crippen LogP contribution in [0.15, 0.2) is 56.5 Å². The van der Waals surface area contributed by atoms with Crippen molar-refractivity contribution in [1.82, 2.24) is 20.4 Å². The molecule has 2 heterocycles. The van der Waals surface area contributed by atoms with Gasteiger partial charge in [0.25, 0.3) is 10.9 Å². The Morgan fingerprint density at radius 1 is 1.00 bits per heavy atom. The van der Waals surface area contributed by atoms with Gasteiger partial charge in [-0.3, -0.25) is 10.1 Å². The molecule has 0 aliphatic rings. The zero-order chi connectivity index (χ0) is 20.4. The number of nitro groups is 1. The van der Waals surface area contributed by atoms with Crippen molar-refractivity contribution in [3.05, 3.63) is 68.5 Å². The zero-order valence-electron chi connectivity index (χ0n) is 14.3. The molecule has 0 saturated heterocycles. The smallest absolute Gasteiger partial charge is 0.277 e. The first-order chi connectivity index (χ1) is 14.0. The van der Waals surface area contributed by atoms with E-state index in [9.17, 15) is 10.1 Å². The normalized spacial score (nSPS) is 11.0. The molecule has 0 fully saturated rings. The lowest BCUT2D eigenvalue weighted by molar-refractivity contribution is -0.384. The fourth-order valence-corrected chi connectivity index (χ4v) is 3.43. The maximum Gasteiger partial charge on any atom is 0.277 e. The topological polar surface area (TPSA) is 121 Å². The Bertz CT molecular complexity index is 1200. The zero-order valence-corrected chi connectivity index (χ0v) is 16.6. The summed E-state index contributed by atoms with van der Waals surface area (Å²) in [5.74, 6) is 1.03. The molecule has 0 N–H and O–H groups in total. The predicted molar refractivity (Wildman–Crippen MR) is 106 cm³/mol. The van der Waals surface area contributed by atoms with Crippen molar-refractivity contribution >= 4 is 40.7 Å². The van der Waals surface area contributed by atoms with Crippen LogP contribution in [0.2, 0.25) is 10.0 Å². The van der Waals surface area contributed by atoms with Crippen LogP contribution in [0, 0.1) is 10.1 Å². The molecule has 0 radical (unpaired) electrons. The van der Waals surface area contributed by atoms with Gasteiger partial charge in [-0.1, -0.05) is 41.0 Å². The molecule has 29 heavy (non-hydrogen) atoms. The van der Waals surface area contributed by atoms with E-state index in [-0.39, 0.29) is 23.2 Å². The van der Waals surface area contributed by atoms with Crippen LogP contribution >= 0.6 is 35.0 Å². The van der Waals surface area contributed by atoms with Crippen LogP contribution in [0.5, 0.6) is 0 Å². The number of rotatable bonds is 6. The molecule has 0 unspecified atom stereocenters. The van der Waals surface area contributed by atoms with Gasteiger partial charge >= 0.3 is 0 Å². The summed E-state index contributed by atoms with van der Waals surface area (Å²) in [5.41, 5.74) is 0.970. The standard InChI is InChI=1S/C17H9Cl2N5O4S/c18-10-4-5-12(13(19)7-10)16-22-23-17(28-16)29-8-14-20-21-15(27-14)9-2-1-3-11(6-9)24(25)26/h1-7H,8H2. The van der Waals surface area contributed by atoms with Gasteiger partial charge < -0.3 is 8.83 Å². The van der Waals surface area contributed by atoms with Gasteiger partial charge in [-0.15, -0.1) is 20.4 Å². The number of nitro benzene ring substituents is 1. The first-order valence-corrected chi connectivity index (χ1v) is 9.72. The molecule has 0 atom stereocenters. The Hall–Kier alpha value is -2.95. The van der Waals surface area contributed by atoms with E-state index in [1.165, 1.54) is 23.9 Å². The quantitative estimate of drug-likeness (QED) is 0.219. The summed E-state index contributed by atoms with van der Waals surface area (Å²) in [5, 5.41) is 27.9. The third kappa shape index (κ3) is 4.39. The van der Waals surface area contributed by atoms with E-state index in [0.29, 0.717) is 32.3 Å². The Labute approximate surface area is 177 Å². The van der Waals surface area contributed by atoms with E-state index in [0.717, 1.165) is 0 Å². The first-order valence-electron chi connectivity index (χ1n) is 7.98. The van der Waals surface area contributed by atoms with Crippen LogP contribution in [-0.4, -0.2) is 25.3 Å². The molecule has 0 saturated carbocycles. The van der Waals surface area contributed by atoms with Crippen molar-refractivity contribution < 1.29 is 13.8 Å². The van der Waals surface area contributed by atoms with E-state index in [2.05, 4.69) is 20.4 Å². The van der Waals surface area contributed by atoms with Gasteiger partial charge in [0, 0.05) is 22.7 Å². The summed E-state index contributed by atoms with van der Waals surface area (Å²) in [6.45, 7) is 0. The van der Waals surface area contributed by atoms with Gasteiger partial charge in [0.05, 0.1) is 21.3 Å². The lowest BCUT2D eigenvalue weighted by Gasteiger charge is -1.98. The van der Waals surface area contributed by atoms with E-state index in [1.807, 2.05) is 0 Å². The summed E-state index contributed by atoms with van der Waals surface area (Å²) in [7, 11) is 0. The minimum atomic E-state index is -0.489. The number of non-ortho nitro benzene ring substituents is 1. The van der Waals surface area contributed by atoms with E-state index in [1.54, 1.807) is 30.3 Å². The lowest BCUT2D eigenvalue weighted by Crippen LogP contribution is -1.88. The number of halogens is 2. The summed E-state index contributed by atoms with van der Waals surface area (Å²) in [6.07, 6.45) is 0. The molecule has 12 heteroatoms. The molecule has 2 aromatic carbocycles. The number of thioether (sulfide) groups is 1. The largest absolute Gasteiger partial charge is 0.420 e. The second-order valence-electron chi connectivity index (χ2n) is 5.59. The highest BCUT2D eigenvalue weighted by Gasteiger charge is 2.16. The van der Waals surface area contributed by atoms with Gasteiger partial charge in [-0.25, -0.2) is 0 Å². The Balaban J connectivity index is 1.45. The van der Waals surface area contributed by atoms with Crippen molar-refractivity contribution in [2.75, 3.05) is 0 Å². The fourth-order valence-electron chi connectivity index (χ4n) is 2.34. The van der Waals surface area contributed by atoms with E-state index >= 15 is 0 Å². The minimum absolute atomic E-state index is 0.0594. The van der Waals surface area contributed by atoms with Gasteiger partial charge in [0.1, 0.15) is 0 Å². The maximum absolute atomic E-state index is 10.9. The van der Waals surface area contributed by atoms with Gasteiger partial charge in [-0.05, 0) is 24.3 Å². The van der Waals surface area contributed by atoms with Crippen LogP contribution in [0.25, 0.3) is 22.9 Å². The van der Waals surface area contributed by atoms with Crippen molar-refractivity contribution in [3.8, 4) is 22.9 Å². The van der Waals surface area contributed by atoms with Gasteiger partial charge in [-0.2, -0.15) is 0 Å². The van der Waals surface area contributed by atoms with Crippen molar-refractivity contribution in [1.29, 1.82) is 0 Å². The van der Waals surface area contributed by atoms with Crippen LogP contribution in [0.4, 0.5) is 5.69 Å². The number of hydrogen-bond donors (Lipinski definition) is 0. The van der Waals surface area contributed by atoms with Crippen LogP contribution in [-0.2, 0) is 5.75 Å². The Morgan fingerprint density at radius 2 is 1.83 bits per heavy atom. The molecule has 146 valence electrons. The van der Waals surface area contributed by atoms with Crippen molar-refractivity contribution in [2.45, 2.75) is 11.0 Å². The second-order valence-corrected chi connectivity index (χ2v) is 7.36. The molecule has 4 rings (SSSR count). The number of aromatic nitrogens is 4. The number of hydrogen-bond acceptors (Lipinski definition) is 9. The van der Waals surface area contributed by atoms with Crippen LogP contribution < -0.4 is 0 Å².